The molecule has 3 heterocycles. The standard InChI is InChI=1S/C19H23N3O5.ClH/c1-27-16-12-10-22(14-4-5-15(23)21-17(14)24)18(25)11(12)2-3-13(16)19(26)6-8-20-9-7-19;/h2-3,14,20,26H,4-10H2,1H3,(H,21,23,24);1H. The molecule has 0 radical (unpaired) electrons. The number of ether oxygens (including phenoxy) is 1. The number of aliphatic hydroxyl groups is 1. The van der Waals surface area contributed by atoms with Gasteiger partial charge in [-0.05, 0) is 38.4 Å². The molecule has 4 rings (SSSR count). The van der Waals surface area contributed by atoms with Crippen molar-refractivity contribution in [2.45, 2.75) is 43.9 Å². The number of benzene rings is 1. The molecule has 152 valence electrons. The molecule has 1 atom stereocenters. The first-order valence-corrected chi connectivity index (χ1v) is 9.23. The number of imide groups is 1. The lowest BCUT2D eigenvalue weighted by molar-refractivity contribution is -0.136. The highest BCUT2D eigenvalue weighted by molar-refractivity contribution is 6.05. The fraction of sp³-hybridized carbons (Fsp3) is 0.526. The van der Waals surface area contributed by atoms with Crippen LogP contribution in [0.15, 0.2) is 12.1 Å². The number of nitrogens with one attached hydrogen (secondary N) is 2. The van der Waals surface area contributed by atoms with E-state index in [1.807, 2.05) is 0 Å². The molecule has 1 aromatic carbocycles. The summed E-state index contributed by atoms with van der Waals surface area (Å²) in [4.78, 5) is 38.0. The van der Waals surface area contributed by atoms with Crippen LogP contribution in [0.25, 0.3) is 0 Å². The second kappa shape index (κ2) is 7.69. The predicted molar refractivity (Wildman–Crippen MR) is 102 cm³/mol. The van der Waals surface area contributed by atoms with E-state index in [4.69, 9.17) is 4.74 Å². The van der Waals surface area contributed by atoms with Gasteiger partial charge in [-0.15, -0.1) is 12.4 Å². The highest BCUT2D eigenvalue weighted by Crippen LogP contribution is 2.42. The van der Waals surface area contributed by atoms with E-state index in [9.17, 15) is 19.5 Å². The Morgan fingerprint density at radius 3 is 2.57 bits per heavy atom. The normalized spacial score (nSPS) is 23.7. The lowest BCUT2D eigenvalue weighted by Crippen LogP contribution is -2.52. The van der Waals surface area contributed by atoms with Crippen molar-refractivity contribution in [2.75, 3.05) is 20.2 Å². The zero-order chi connectivity index (χ0) is 19.2. The summed E-state index contributed by atoms with van der Waals surface area (Å²) >= 11 is 0. The molecule has 2 saturated heterocycles. The number of halogens is 1. The van der Waals surface area contributed by atoms with Gasteiger partial charge in [-0.2, -0.15) is 0 Å². The minimum Gasteiger partial charge on any atom is -0.496 e. The summed E-state index contributed by atoms with van der Waals surface area (Å²) < 4.78 is 5.62. The zero-order valence-corrected chi connectivity index (χ0v) is 16.4. The molecule has 0 saturated carbocycles. The van der Waals surface area contributed by atoms with Gasteiger partial charge in [-0.3, -0.25) is 19.7 Å². The Morgan fingerprint density at radius 2 is 1.93 bits per heavy atom. The van der Waals surface area contributed by atoms with Crippen LogP contribution in [0, 0.1) is 0 Å². The summed E-state index contributed by atoms with van der Waals surface area (Å²) in [5.41, 5.74) is 0.856. The van der Waals surface area contributed by atoms with Gasteiger partial charge in [0.15, 0.2) is 0 Å². The van der Waals surface area contributed by atoms with Crippen LogP contribution in [0.3, 0.4) is 0 Å². The fourth-order valence-corrected chi connectivity index (χ4v) is 4.32. The Morgan fingerprint density at radius 1 is 1.21 bits per heavy atom. The molecule has 1 aromatic rings. The number of rotatable bonds is 3. The fourth-order valence-electron chi connectivity index (χ4n) is 4.32. The van der Waals surface area contributed by atoms with Gasteiger partial charge in [-0.1, -0.05) is 6.07 Å². The van der Waals surface area contributed by atoms with Crippen LogP contribution < -0.4 is 15.4 Å². The molecule has 1 unspecified atom stereocenters. The van der Waals surface area contributed by atoms with E-state index in [0.29, 0.717) is 54.8 Å². The first-order valence-electron chi connectivity index (χ1n) is 9.23. The molecule has 0 spiro atoms. The smallest absolute Gasteiger partial charge is 0.255 e. The Balaban J connectivity index is 0.00000225. The third kappa shape index (κ3) is 3.25. The SMILES string of the molecule is COc1c(C2(O)CCNCC2)ccc2c1CN(C1CCC(=O)NC1=O)C2=O.Cl. The molecule has 0 aliphatic carbocycles. The van der Waals surface area contributed by atoms with Crippen LogP contribution in [-0.2, 0) is 21.7 Å². The van der Waals surface area contributed by atoms with Crippen molar-refractivity contribution in [3.05, 3.63) is 28.8 Å². The molecule has 9 heteroatoms. The average molecular weight is 410 g/mol. The van der Waals surface area contributed by atoms with E-state index < -0.39 is 17.6 Å². The maximum Gasteiger partial charge on any atom is 0.255 e. The second-order valence-electron chi connectivity index (χ2n) is 7.35. The van der Waals surface area contributed by atoms with Crippen LogP contribution >= 0.6 is 12.4 Å². The van der Waals surface area contributed by atoms with Gasteiger partial charge in [0, 0.05) is 23.1 Å². The Bertz CT molecular complexity index is 822. The zero-order valence-electron chi connectivity index (χ0n) is 15.6. The van der Waals surface area contributed by atoms with Crippen LogP contribution in [0.4, 0.5) is 0 Å². The number of piperidine rings is 2. The van der Waals surface area contributed by atoms with E-state index in [2.05, 4.69) is 10.6 Å². The number of hydrogen-bond donors (Lipinski definition) is 3. The molecule has 0 aromatic heterocycles. The van der Waals surface area contributed by atoms with Gasteiger partial charge in [0.25, 0.3) is 5.91 Å². The number of nitrogens with zero attached hydrogens (tertiary/aromatic N) is 1. The van der Waals surface area contributed by atoms with Crippen LogP contribution in [0.1, 0.15) is 47.2 Å². The minimum absolute atomic E-state index is 0. The molecule has 28 heavy (non-hydrogen) atoms. The summed E-state index contributed by atoms with van der Waals surface area (Å²) in [5, 5.41) is 16.6. The van der Waals surface area contributed by atoms with Crippen molar-refractivity contribution in [3.8, 4) is 5.75 Å². The van der Waals surface area contributed by atoms with E-state index in [1.165, 1.54) is 12.0 Å². The van der Waals surface area contributed by atoms with E-state index in [1.54, 1.807) is 12.1 Å². The summed E-state index contributed by atoms with van der Waals surface area (Å²) in [5.74, 6) is -0.487. The van der Waals surface area contributed by atoms with E-state index >= 15 is 0 Å². The van der Waals surface area contributed by atoms with Crippen molar-refractivity contribution in [2.24, 2.45) is 0 Å². The van der Waals surface area contributed by atoms with Crippen molar-refractivity contribution in [1.29, 1.82) is 0 Å². The summed E-state index contributed by atoms with van der Waals surface area (Å²) in [6.45, 7) is 1.64. The Hall–Kier alpha value is -2.16. The molecule has 3 aliphatic rings. The second-order valence-corrected chi connectivity index (χ2v) is 7.35. The molecular weight excluding hydrogens is 386 g/mol. The highest BCUT2D eigenvalue weighted by Gasteiger charge is 2.42. The first-order chi connectivity index (χ1) is 12.9. The van der Waals surface area contributed by atoms with Crippen LogP contribution in [-0.4, -0.2) is 54.0 Å². The Kier molecular flexibility index (Phi) is 5.65. The van der Waals surface area contributed by atoms with E-state index in [-0.39, 0.29) is 37.2 Å². The predicted octanol–water partition coefficient (Wildman–Crippen LogP) is 0.449. The summed E-state index contributed by atoms with van der Waals surface area (Å²) in [6.07, 6.45) is 1.65. The van der Waals surface area contributed by atoms with Gasteiger partial charge < -0.3 is 20.1 Å². The third-order valence-corrected chi connectivity index (χ3v) is 5.80. The number of carbonyl (C=O) groups is 3. The largest absolute Gasteiger partial charge is 0.496 e. The van der Waals surface area contributed by atoms with Gasteiger partial charge in [-0.25, -0.2) is 0 Å². The van der Waals surface area contributed by atoms with Crippen molar-refractivity contribution in [3.63, 3.8) is 0 Å². The van der Waals surface area contributed by atoms with Crippen LogP contribution in [0.2, 0.25) is 0 Å². The maximum absolute atomic E-state index is 12.9. The first kappa shape index (κ1) is 20.6. The monoisotopic (exact) mass is 409 g/mol. The van der Waals surface area contributed by atoms with Crippen molar-refractivity contribution < 1.29 is 24.2 Å². The van der Waals surface area contributed by atoms with Gasteiger partial charge >= 0.3 is 0 Å². The lowest BCUT2D eigenvalue weighted by Gasteiger charge is -2.34. The molecule has 3 amide bonds. The highest BCUT2D eigenvalue weighted by atomic mass is 35.5. The summed E-state index contributed by atoms with van der Waals surface area (Å²) in [6, 6.07) is 2.80. The average Bonchev–Trinajstić information content (AvgIpc) is 2.98. The molecule has 8 nitrogen and oxygen atoms in total. The van der Waals surface area contributed by atoms with Crippen molar-refractivity contribution >= 4 is 30.1 Å². The van der Waals surface area contributed by atoms with Crippen LogP contribution in [0.5, 0.6) is 5.75 Å². The molecule has 0 bridgehead atoms. The van der Waals surface area contributed by atoms with E-state index in [0.717, 1.165) is 0 Å². The number of carbonyl (C=O) groups excluding carboxylic acids is 3. The Labute approximate surface area is 169 Å². The van der Waals surface area contributed by atoms with Crippen molar-refractivity contribution in [1.82, 2.24) is 15.5 Å². The number of hydrogen-bond acceptors (Lipinski definition) is 6. The summed E-state index contributed by atoms with van der Waals surface area (Å²) in [7, 11) is 1.53. The van der Waals surface area contributed by atoms with Gasteiger partial charge in [0.05, 0.1) is 19.3 Å². The minimum atomic E-state index is -1.00. The number of amides is 3. The molecule has 2 fully saturated rings. The van der Waals surface area contributed by atoms with Gasteiger partial charge in [0.1, 0.15) is 11.8 Å². The maximum atomic E-state index is 12.9. The topological polar surface area (TPSA) is 108 Å². The number of fused-ring (bicyclic) bond motifs is 1. The van der Waals surface area contributed by atoms with Gasteiger partial charge in [0.2, 0.25) is 11.8 Å². The molecule has 3 aliphatic heterocycles. The third-order valence-electron chi connectivity index (χ3n) is 5.80. The lowest BCUT2D eigenvalue weighted by atomic mass is 9.83. The quantitative estimate of drug-likeness (QED) is 0.625. The molecular formula is C19H24ClN3O5. The molecule has 3 N–H and O–H groups in total. The number of methoxy groups -OCH3 is 1.